The minimum absolute atomic E-state index is 0.0411. The Bertz CT molecular complexity index is 1280. The molecule has 0 saturated heterocycles. The van der Waals surface area contributed by atoms with Gasteiger partial charge in [0, 0.05) is 22.7 Å². The van der Waals surface area contributed by atoms with Crippen molar-refractivity contribution in [1.82, 2.24) is 14.1 Å². The average molecular weight is 381 g/mol. The molecule has 0 aliphatic heterocycles. The Hall–Kier alpha value is -3.30. The van der Waals surface area contributed by atoms with Crippen molar-refractivity contribution < 1.29 is 9.90 Å². The van der Waals surface area contributed by atoms with Crippen LogP contribution in [0.5, 0.6) is 5.75 Å². The minimum atomic E-state index is -0.305. The zero-order valence-electron chi connectivity index (χ0n) is 15.1. The van der Waals surface area contributed by atoms with Gasteiger partial charge in [-0.2, -0.15) is 0 Å². The fourth-order valence-corrected chi connectivity index (χ4v) is 3.28. The highest BCUT2D eigenvalue weighted by molar-refractivity contribution is 6.31. The van der Waals surface area contributed by atoms with Gasteiger partial charge in [-0.15, -0.1) is 14.1 Å². The number of phenolic OH excluding ortho intramolecular Hbond substituents is 1. The second-order valence-electron chi connectivity index (χ2n) is 6.41. The summed E-state index contributed by atoms with van der Waals surface area (Å²) in [6, 6.07) is 11.8. The topological polar surface area (TPSA) is 54.3 Å². The summed E-state index contributed by atoms with van der Waals surface area (Å²) in [5, 5.41) is 11.3. The Morgan fingerprint density at radius 3 is 2.59 bits per heavy atom. The smallest absolute Gasteiger partial charge is 0.265 e. The van der Waals surface area contributed by atoms with Crippen molar-refractivity contribution >= 4 is 34.2 Å². The van der Waals surface area contributed by atoms with Crippen molar-refractivity contribution in [2.24, 2.45) is 0 Å². The van der Waals surface area contributed by atoms with Crippen LogP contribution in [0.3, 0.4) is 0 Å². The van der Waals surface area contributed by atoms with E-state index >= 15 is 0 Å². The number of halogens is 1. The standard InChI is InChI=1S/C20H17ClN4O2/c1-5-8-22(20(27)12(2)3)16-11-19(26)18(9-13(16)4)25-23-15-7-6-14(21)10-17(15)24(23)25/h6-7,9-11,26H,2H2,1,3-4H3. The largest absolute Gasteiger partial charge is 0.506 e. The van der Waals surface area contributed by atoms with E-state index in [2.05, 4.69) is 18.5 Å². The van der Waals surface area contributed by atoms with E-state index in [0.29, 0.717) is 22.0 Å². The van der Waals surface area contributed by atoms with Gasteiger partial charge in [-0.05, 0) is 50.6 Å². The third-order valence-corrected chi connectivity index (χ3v) is 4.65. The van der Waals surface area contributed by atoms with Gasteiger partial charge in [0.15, 0.2) is 0 Å². The number of rotatable bonds is 3. The Morgan fingerprint density at radius 2 is 1.93 bits per heavy atom. The van der Waals surface area contributed by atoms with Crippen LogP contribution in [0.1, 0.15) is 19.4 Å². The number of nitrogens with zero attached hydrogens (tertiary/aromatic N) is 4. The number of fused-ring (bicyclic) bond motifs is 4. The van der Waals surface area contributed by atoms with Gasteiger partial charge >= 0.3 is 0 Å². The summed E-state index contributed by atoms with van der Waals surface area (Å²) in [5.74, 6) is 2.47. The predicted molar refractivity (Wildman–Crippen MR) is 106 cm³/mol. The molecule has 136 valence electrons. The molecular weight excluding hydrogens is 364 g/mol. The lowest BCUT2D eigenvalue weighted by atomic mass is 10.1. The lowest BCUT2D eigenvalue weighted by Crippen LogP contribution is -2.27. The molecule has 7 heteroatoms. The Balaban J connectivity index is 1.81. The highest BCUT2D eigenvalue weighted by Gasteiger charge is 2.27. The maximum atomic E-state index is 12.4. The summed E-state index contributed by atoms with van der Waals surface area (Å²) < 4.78 is 3.82. The number of aromatic nitrogens is 3. The molecule has 0 aliphatic rings. The lowest BCUT2D eigenvalue weighted by Gasteiger charge is -2.19. The zero-order chi connectivity index (χ0) is 19.5. The summed E-state index contributed by atoms with van der Waals surface area (Å²) in [7, 11) is 0. The number of amides is 1. The van der Waals surface area contributed by atoms with Gasteiger partial charge in [0.25, 0.3) is 5.91 Å². The van der Waals surface area contributed by atoms with Crippen molar-refractivity contribution in [3.63, 3.8) is 0 Å². The van der Waals surface area contributed by atoms with E-state index in [-0.39, 0.29) is 11.7 Å². The number of anilines is 1. The number of carbonyl (C=O) groups is 1. The van der Waals surface area contributed by atoms with Crippen molar-refractivity contribution in [2.75, 3.05) is 4.90 Å². The van der Waals surface area contributed by atoms with E-state index in [0.717, 1.165) is 16.6 Å². The van der Waals surface area contributed by atoms with E-state index < -0.39 is 0 Å². The first-order valence-corrected chi connectivity index (χ1v) is 8.68. The molecule has 0 atom stereocenters. The normalized spacial score (nSPS) is 11.1. The molecule has 0 saturated carbocycles. The first-order valence-electron chi connectivity index (χ1n) is 8.30. The average Bonchev–Trinajstić information content (AvgIpc) is 3.28. The van der Waals surface area contributed by atoms with Crippen LogP contribution in [0.4, 0.5) is 5.69 Å². The second kappa shape index (κ2) is 5.86. The monoisotopic (exact) mass is 380 g/mol. The molecular formula is C20H17ClN4O2. The van der Waals surface area contributed by atoms with E-state index in [1.807, 2.05) is 45.2 Å². The second-order valence-corrected chi connectivity index (χ2v) is 6.85. The maximum Gasteiger partial charge on any atom is 0.265 e. The van der Waals surface area contributed by atoms with Gasteiger partial charge in [0.05, 0.1) is 5.69 Å². The summed E-state index contributed by atoms with van der Waals surface area (Å²) in [6.45, 7) is 8.85. The van der Waals surface area contributed by atoms with Gasteiger partial charge < -0.3 is 5.11 Å². The summed E-state index contributed by atoms with van der Waals surface area (Å²) in [5.41, 5.74) is 4.29. The lowest BCUT2D eigenvalue weighted by molar-refractivity contribution is -0.114. The van der Waals surface area contributed by atoms with Crippen LogP contribution in [0.25, 0.3) is 16.7 Å². The van der Waals surface area contributed by atoms with E-state index in [1.54, 1.807) is 19.9 Å². The van der Waals surface area contributed by atoms with Crippen LogP contribution >= 0.6 is 11.6 Å². The summed E-state index contributed by atoms with van der Waals surface area (Å²) in [4.78, 5) is 15.6. The first-order chi connectivity index (χ1) is 12.8. The molecule has 27 heavy (non-hydrogen) atoms. The zero-order valence-corrected chi connectivity index (χ0v) is 15.9. The molecule has 2 heterocycles. The third kappa shape index (κ3) is 2.47. The highest BCUT2D eigenvalue weighted by Crippen LogP contribution is 2.36. The molecule has 1 amide bonds. The summed E-state index contributed by atoms with van der Waals surface area (Å²) in [6.07, 6.45) is 0. The molecule has 0 bridgehead atoms. The van der Waals surface area contributed by atoms with Crippen LogP contribution in [0.2, 0.25) is 5.02 Å². The number of benzene rings is 2. The number of aromatic hydroxyl groups is 1. The Morgan fingerprint density at radius 1 is 1.22 bits per heavy atom. The number of carbonyl (C=O) groups excluding carboxylic acids is 1. The molecule has 0 radical (unpaired) electrons. The van der Waals surface area contributed by atoms with E-state index in [4.69, 9.17) is 11.6 Å². The van der Waals surface area contributed by atoms with Gasteiger partial charge in [-0.3, -0.25) is 4.79 Å². The molecule has 2 aromatic carbocycles. The van der Waals surface area contributed by atoms with Crippen molar-refractivity contribution in [2.45, 2.75) is 20.8 Å². The molecule has 0 fully saturated rings. The van der Waals surface area contributed by atoms with Crippen LogP contribution < -0.4 is 4.90 Å². The fraction of sp³-hybridized carbons (Fsp3) is 0.150. The molecule has 2 aromatic heterocycles. The predicted octanol–water partition coefficient (Wildman–Crippen LogP) is 3.98. The van der Waals surface area contributed by atoms with E-state index in [1.165, 1.54) is 4.90 Å². The molecule has 1 N–H and O–H groups in total. The number of hydrogen-bond donors (Lipinski definition) is 1. The maximum absolute atomic E-state index is 12.4. The molecule has 4 aromatic rings. The first kappa shape index (κ1) is 17.1. The van der Waals surface area contributed by atoms with Gasteiger partial charge in [0.1, 0.15) is 22.5 Å². The number of phenols is 1. The van der Waals surface area contributed by atoms with Crippen LogP contribution in [0.15, 0.2) is 42.5 Å². The van der Waals surface area contributed by atoms with Crippen molar-refractivity contribution in [3.05, 3.63) is 53.1 Å². The number of hydrogen-bond acceptors (Lipinski definition) is 2. The van der Waals surface area contributed by atoms with Crippen molar-refractivity contribution in [1.29, 1.82) is 0 Å². The Labute approximate surface area is 160 Å². The number of aryl methyl sites for hydroxylation is 1. The molecule has 0 aliphatic carbocycles. The van der Waals surface area contributed by atoms with Gasteiger partial charge in [-0.25, -0.2) is 4.90 Å². The Kier molecular flexibility index (Phi) is 3.72. The van der Waals surface area contributed by atoms with Crippen LogP contribution in [-0.4, -0.2) is 25.1 Å². The fourth-order valence-electron chi connectivity index (χ4n) is 3.11. The third-order valence-electron chi connectivity index (χ3n) is 4.42. The van der Waals surface area contributed by atoms with Crippen molar-refractivity contribution in [3.8, 4) is 23.4 Å². The molecule has 6 nitrogen and oxygen atoms in total. The van der Waals surface area contributed by atoms with Gasteiger partial charge in [-0.1, -0.05) is 24.1 Å². The van der Waals surface area contributed by atoms with E-state index in [9.17, 15) is 9.90 Å². The van der Waals surface area contributed by atoms with Crippen LogP contribution in [0, 0.1) is 18.9 Å². The molecule has 0 unspecified atom stereocenters. The minimum Gasteiger partial charge on any atom is -0.506 e. The molecule has 0 spiro atoms. The summed E-state index contributed by atoms with van der Waals surface area (Å²) >= 11 is 6.05. The van der Waals surface area contributed by atoms with Gasteiger partial charge in [0.2, 0.25) is 0 Å². The molecule has 4 rings (SSSR count). The van der Waals surface area contributed by atoms with Crippen LogP contribution in [-0.2, 0) is 4.79 Å². The quantitative estimate of drug-likeness (QED) is 0.332. The highest BCUT2D eigenvalue weighted by atomic mass is 35.5. The SMILES string of the molecule is C=C(C)C(=O)N(C#CC)c1cc(O)c(-n2n3c4ccc(Cl)cc4n23)cc1C.